The number of nitrogens with one attached hydrogen (secondary N) is 1. The van der Waals surface area contributed by atoms with Gasteiger partial charge in [-0.25, -0.2) is 0 Å². The second-order valence-electron chi connectivity index (χ2n) is 4.71. The largest absolute Gasteiger partial charge is 0.497 e. The molecule has 1 unspecified atom stereocenters. The van der Waals surface area contributed by atoms with Crippen molar-refractivity contribution in [3.63, 3.8) is 0 Å². The van der Waals surface area contributed by atoms with E-state index in [0.717, 1.165) is 18.0 Å². The summed E-state index contributed by atoms with van der Waals surface area (Å²) in [5.74, 6) is 3.33. The molecule has 0 saturated carbocycles. The molecule has 0 aliphatic carbocycles. The molecule has 1 atom stereocenters. The van der Waals surface area contributed by atoms with Gasteiger partial charge in [0.1, 0.15) is 5.75 Å². The normalized spacial score (nSPS) is 12.4. The summed E-state index contributed by atoms with van der Waals surface area (Å²) in [5, 5.41) is 3.64. The molecular weight excluding hydrogens is 254 g/mol. The van der Waals surface area contributed by atoms with E-state index in [-0.39, 0.29) is 0 Å². The summed E-state index contributed by atoms with van der Waals surface area (Å²) < 4.78 is 5.22. The van der Waals surface area contributed by atoms with Crippen molar-refractivity contribution >= 4 is 11.8 Å². The predicted octanol–water partition coefficient (Wildman–Crippen LogP) is 4.27. The van der Waals surface area contributed by atoms with Crippen LogP contribution in [0.1, 0.15) is 44.7 Å². The van der Waals surface area contributed by atoms with Gasteiger partial charge in [0.05, 0.1) is 7.11 Å². The lowest BCUT2D eigenvalue weighted by Gasteiger charge is -2.19. The molecule has 1 aromatic carbocycles. The molecule has 1 aromatic rings. The van der Waals surface area contributed by atoms with Crippen LogP contribution in [0.2, 0.25) is 0 Å². The average molecular weight is 281 g/mol. The maximum atomic E-state index is 5.22. The van der Waals surface area contributed by atoms with Gasteiger partial charge >= 0.3 is 0 Å². The minimum Gasteiger partial charge on any atom is -0.497 e. The topological polar surface area (TPSA) is 21.3 Å². The van der Waals surface area contributed by atoms with Crippen molar-refractivity contribution in [3.8, 4) is 5.75 Å². The average Bonchev–Trinajstić information content (AvgIpc) is 2.47. The summed E-state index contributed by atoms with van der Waals surface area (Å²) in [4.78, 5) is 0. The first-order valence-corrected chi connectivity index (χ1v) is 8.42. The second-order valence-corrected chi connectivity index (χ2v) is 5.86. The molecule has 0 aliphatic rings. The first-order chi connectivity index (χ1) is 9.31. The maximum absolute atomic E-state index is 5.22. The third kappa shape index (κ3) is 6.35. The van der Waals surface area contributed by atoms with Crippen molar-refractivity contribution in [3.05, 3.63) is 29.8 Å². The number of ether oxygens (including phenoxy) is 1. The van der Waals surface area contributed by atoms with Crippen LogP contribution in [-0.4, -0.2) is 25.2 Å². The SMILES string of the molecule is CCCCSCC(NCCC)c1ccc(OC)cc1. The van der Waals surface area contributed by atoms with Gasteiger partial charge in [-0.2, -0.15) is 11.8 Å². The third-order valence-corrected chi connectivity index (χ3v) is 4.23. The smallest absolute Gasteiger partial charge is 0.118 e. The minimum atomic E-state index is 0.452. The molecule has 0 saturated heterocycles. The molecule has 3 heteroatoms. The van der Waals surface area contributed by atoms with Crippen LogP contribution < -0.4 is 10.1 Å². The summed E-state index contributed by atoms with van der Waals surface area (Å²) in [6.45, 7) is 5.53. The Morgan fingerprint density at radius 1 is 1.16 bits per heavy atom. The highest BCUT2D eigenvalue weighted by atomic mass is 32.2. The van der Waals surface area contributed by atoms with Crippen molar-refractivity contribution in [2.45, 2.75) is 39.2 Å². The lowest BCUT2D eigenvalue weighted by atomic mass is 10.1. The molecule has 108 valence electrons. The first kappa shape index (κ1) is 16.4. The van der Waals surface area contributed by atoms with Gasteiger partial charge in [-0.05, 0) is 42.8 Å². The Labute approximate surface area is 122 Å². The Bertz CT molecular complexity index is 326. The van der Waals surface area contributed by atoms with Crippen molar-refractivity contribution in [1.29, 1.82) is 0 Å². The van der Waals surface area contributed by atoms with Gasteiger partial charge in [0.2, 0.25) is 0 Å². The molecule has 0 heterocycles. The lowest BCUT2D eigenvalue weighted by Crippen LogP contribution is -2.24. The van der Waals surface area contributed by atoms with E-state index in [1.54, 1.807) is 7.11 Å². The van der Waals surface area contributed by atoms with Crippen molar-refractivity contribution in [1.82, 2.24) is 5.32 Å². The number of unbranched alkanes of at least 4 members (excludes halogenated alkanes) is 1. The highest BCUT2D eigenvalue weighted by Gasteiger charge is 2.10. The van der Waals surface area contributed by atoms with Crippen LogP contribution >= 0.6 is 11.8 Å². The van der Waals surface area contributed by atoms with E-state index in [2.05, 4.69) is 31.3 Å². The number of hydrogen-bond donors (Lipinski definition) is 1. The number of thioether (sulfide) groups is 1. The van der Waals surface area contributed by atoms with Crippen LogP contribution in [0.4, 0.5) is 0 Å². The molecular formula is C16H27NOS. The summed E-state index contributed by atoms with van der Waals surface area (Å²) in [6.07, 6.45) is 3.77. The molecule has 0 bridgehead atoms. The van der Waals surface area contributed by atoms with Crippen LogP contribution in [-0.2, 0) is 0 Å². The Hall–Kier alpha value is -0.670. The highest BCUT2D eigenvalue weighted by molar-refractivity contribution is 7.99. The molecule has 2 nitrogen and oxygen atoms in total. The van der Waals surface area contributed by atoms with E-state index in [0.29, 0.717) is 6.04 Å². The fraction of sp³-hybridized carbons (Fsp3) is 0.625. The fourth-order valence-electron chi connectivity index (χ4n) is 1.88. The number of benzene rings is 1. The Balaban J connectivity index is 2.55. The van der Waals surface area contributed by atoms with Crippen LogP contribution in [0.5, 0.6) is 5.75 Å². The maximum Gasteiger partial charge on any atom is 0.118 e. The molecule has 0 aromatic heterocycles. The second kappa shape index (κ2) is 10.2. The zero-order valence-corrected chi connectivity index (χ0v) is 13.3. The van der Waals surface area contributed by atoms with Gasteiger partial charge in [-0.3, -0.25) is 0 Å². The third-order valence-electron chi connectivity index (χ3n) is 3.09. The van der Waals surface area contributed by atoms with Crippen LogP contribution in [0.15, 0.2) is 24.3 Å². The highest BCUT2D eigenvalue weighted by Crippen LogP contribution is 2.22. The summed E-state index contributed by atoms with van der Waals surface area (Å²) in [7, 11) is 1.71. The zero-order chi connectivity index (χ0) is 13.9. The number of methoxy groups -OCH3 is 1. The lowest BCUT2D eigenvalue weighted by molar-refractivity contribution is 0.414. The summed E-state index contributed by atoms with van der Waals surface area (Å²) in [5.41, 5.74) is 1.36. The van der Waals surface area contributed by atoms with E-state index in [9.17, 15) is 0 Å². The van der Waals surface area contributed by atoms with Crippen LogP contribution in [0.3, 0.4) is 0 Å². The molecule has 1 rings (SSSR count). The van der Waals surface area contributed by atoms with E-state index >= 15 is 0 Å². The molecule has 19 heavy (non-hydrogen) atoms. The Morgan fingerprint density at radius 2 is 1.89 bits per heavy atom. The van der Waals surface area contributed by atoms with E-state index in [1.165, 1.54) is 30.6 Å². The molecule has 0 spiro atoms. The monoisotopic (exact) mass is 281 g/mol. The first-order valence-electron chi connectivity index (χ1n) is 7.26. The van der Waals surface area contributed by atoms with Gasteiger partial charge in [0, 0.05) is 11.8 Å². The van der Waals surface area contributed by atoms with Crippen molar-refractivity contribution in [2.24, 2.45) is 0 Å². The number of hydrogen-bond acceptors (Lipinski definition) is 3. The fourth-order valence-corrected chi connectivity index (χ4v) is 3.08. The van der Waals surface area contributed by atoms with Crippen LogP contribution in [0, 0.1) is 0 Å². The van der Waals surface area contributed by atoms with Gasteiger partial charge in [0.15, 0.2) is 0 Å². The summed E-state index contributed by atoms with van der Waals surface area (Å²) in [6, 6.07) is 8.89. The quantitative estimate of drug-likeness (QED) is 0.647. The van der Waals surface area contributed by atoms with Gasteiger partial charge < -0.3 is 10.1 Å². The van der Waals surface area contributed by atoms with Crippen molar-refractivity contribution < 1.29 is 4.74 Å². The Morgan fingerprint density at radius 3 is 2.47 bits per heavy atom. The Kier molecular flexibility index (Phi) is 8.76. The van der Waals surface area contributed by atoms with E-state index in [4.69, 9.17) is 4.74 Å². The molecule has 0 radical (unpaired) electrons. The standard InChI is InChI=1S/C16H27NOS/c1-4-6-12-19-13-16(17-11-5-2)14-7-9-15(18-3)10-8-14/h7-10,16-17H,4-6,11-13H2,1-3H3. The van der Waals surface area contributed by atoms with Crippen molar-refractivity contribution in [2.75, 3.05) is 25.2 Å². The molecule has 0 amide bonds. The van der Waals surface area contributed by atoms with E-state index < -0.39 is 0 Å². The van der Waals surface area contributed by atoms with Gasteiger partial charge in [-0.1, -0.05) is 32.4 Å². The van der Waals surface area contributed by atoms with E-state index in [1.807, 2.05) is 23.9 Å². The molecule has 1 N–H and O–H groups in total. The number of rotatable bonds is 10. The minimum absolute atomic E-state index is 0.452. The van der Waals surface area contributed by atoms with Gasteiger partial charge in [-0.15, -0.1) is 0 Å². The van der Waals surface area contributed by atoms with Gasteiger partial charge in [0.25, 0.3) is 0 Å². The summed E-state index contributed by atoms with van der Waals surface area (Å²) >= 11 is 2.05. The van der Waals surface area contributed by atoms with Crippen LogP contribution in [0.25, 0.3) is 0 Å². The molecule has 0 aliphatic heterocycles. The molecule has 0 fully saturated rings. The zero-order valence-electron chi connectivity index (χ0n) is 12.4. The predicted molar refractivity (Wildman–Crippen MR) is 86.3 cm³/mol.